The minimum atomic E-state index is -0.714. The number of nitrogens with one attached hydrogen (secondary N) is 2. The summed E-state index contributed by atoms with van der Waals surface area (Å²) < 4.78 is 5.40. The van der Waals surface area contributed by atoms with Gasteiger partial charge >= 0.3 is 0 Å². The molecular weight excluding hydrogens is 388 g/mol. The number of pyridine rings is 1. The fourth-order valence-electron chi connectivity index (χ4n) is 3.15. The quantitative estimate of drug-likeness (QED) is 0.493. The highest BCUT2D eigenvalue weighted by atomic mass is 35.5. The Kier molecular flexibility index (Phi) is 5.29. The molecule has 7 heteroatoms. The van der Waals surface area contributed by atoms with Crippen molar-refractivity contribution in [2.24, 2.45) is 0 Å². The molecule has 0 saturated heterocycles. The highest BCUT2D eigenvalue weighted by Crippen LogP contribution is 2.30. The van der Waals surface area contributed by atoms with E-state index < -0.39 is 6.10 Å². The zero-order valence-corrected chi connectivity index (χ0v) is 16.7. The maximum atomic E-state index is 12.8. The van der Waals surface area contributed by atoms with Crippen molar-refractivity contribution < 1.29 is 9.53 Å². The van der Waals surface area contributed by atoms with Crippen LogP contribution in [0.4, 0.5) is 5.69 Å². The van der Waals surface area contributed by atoms with Gasteiger partial charge in [0.25, 0.3) is 5.91 Å². The number of amides is 1. The first-order chi connectivity index (χ1) is 14.0. The van der Waals surface area contributed by atoms with Crippen LogP contribution in [-0.4, -0.2) is 28.0 Å². The fraction of sp³-hybridized carbons (Fsp3) is 0.136. The summed E-state index contributed by atoms with van der Waals surface area (Å²) in [4.78, 5) is 24.8. The highest BCUT2D eigenvalue weighted by Gasteiger charge is 2.20. The number of aromatic amines is 1. The molecule has 0 unspecified atom stereocenters. The number of aryl methyl sites for hydroxylation is 1. The van der Waals surface area contributed by atoms with E-state index in [1.54, 1.807) is 24.4 Å². The van der Waals surface area contributed by atoms with Gasteiger partial charge in [0.05, 0.1) is 10.5 Å². The second-order valence-electron chi connectivity index (χ2n) is 6.68. The van der Waals surface area contributed by atoms with Gasteiger partial charge in [-0.25, -0.2) is 9.97 Å². The van der Waals surface area contributed by atoms with E-state index in [2.05, 4.69) is 20.3 Å². The minimum absolute atomic E-state index is 0.270. The molecule has 2 aromatic carbocycles. The van der Waals surface area contributed by atoms with Crippen LogP contribution in [0.15, 0.2) is 60.8 Å². The number of fused-ring (bicyclic) bond motifs is 1. The van der Waals surface area contributed by atoms with Crippen molar-refractivity contribution in [3.8, 4) is 11.4 Å². The van der Waals surface area contributed by atoms with E-state index in [-0.39, 0.29) is 5.91 Å². The first-order valence-corrected chi connectivity index (χ1v) is 9.44. The monoisotopic (exact) mass is 406 g/mol. The van der Waals surface area contributed by atoms with Crippen LogP contribution in [0.5, 0.6) is 0 Å². The first kappa shape index (κ1) is 19.1. The molecule has 4 aromatic rings. The number of H-pyrrole nitrogens is 1. The van der Waals surface area contributed by atoms with Crippen molar-refractivity contribution in [3.05, 3.63) is 76.9 Å². The van der Waals surface area contributed by atoms with Crippen LogP contribution < -0.4 is 5.32 Å². The lowest BCUT2D eigenvalue weighted by Crippen LogP contribution is -2.22. The third-order valence-corrected chi connectivity index (χ3v) is 4.87. The molecule has 6 nitrogen and oxygen atoms in total. The average Bonchev–Trinajstić information content (AvgIpc) is 3.13. The number of methoxy groups -OCH3 is 1. The van der Waals surface area contributed by atoms with Crippen molar-refractivity contribution in [2.75, 3.05) is 12.4 Å². The van der Waals surface area contributed by atoms with Gasteiger partial charge in [-0.05, 0) is 42.3 Å². The number of hydrogen-bond acceptors (Lipinski definition) is 4. The molecule has 2 N–H and O–H groups in total. The lowest BCUT2D eigenvalue weighted by molar-refractivity contribution is -0.126. The lowest BCUT2D eigenvalue weighted by atomic mass is 10.1. The number of benzene rings is 2. The van der Waals surface area contributed by atoms with E-state index in [9.17, 15) is 4.79 Å². The van der Waals surface area contributed by atoms with Crippen molar-refractivity contribution in [3.63, 3.8) is 0 Å². The van der Waals surface area contributed by atoms with Crippen LogP contribution in [0.25, 0.3) is 22.6 Å². The summed E-state index contributed by atoms with van der Waals surface area (Å²) in [5, 5.41) is 3.41. The normalized spacial score (nSPS) is 12.1. The van der Waals surface area contributed by atoms with Crippen molar-refractivity contribution >= 4 is 34.4 Å². The molecule has 4 rings (SSSR count). The summed E-state index contributed by atoms with van der Waals surface area (Å²) in [5.74, 6) is 0.319. The number of rotatable bonds is 5. The molecule has 29 heavy (non-hydrogen) atoms. The molecule has 0 saturated carbocycles. The minimum Gasteiger partial charge on any atom is -0.367 e. The predicted octanol–water partition coefficient (Wildman–Crippen LogP) is 4.91. The summed E-state index contributed by atoms with van der Waals surface area (Å²) >= 11 is 6.39. The summed E-state index contributed by atoms with van der Waals surface area (Å²) in [5.41, 5.74) is 4.52. The molecule has 0 aliphatic rings. The van der Waals surface area contributed by atoms with Gasteiger partial charge in [-0.2, -0.15) is 0 Å². The van der Waals surface area contributed by atoms with E-state index in [0.717, 1.165) is 16.6 Å². The Morgan fingerprint density at radius 2 is 1.97 bits per heavy atom. The first-order valence-electron chi connectivity index (χ1n) is 9.06. The molecule has 0 aliphatic carbocycles. The van der Waals surface area contributed by atoms with Gasteiger partial charge in [0, 0.05) is 24.6 Å². The van der Waals surface area contributed by atoms with Crippen LogP contribution >= 0.6 is 11.6 Å². The smallest absolute Gasteiger partial charge is 0.258 e. The molecule has 0 radical (unpaired) electrons. The van der Waals surface area contributed by atoms with E-state index >= 15 is 0 Å². The van der Waals surface area contributed by atoms with Crippen LogP contribution in [-0.2, 0) is 9.53 Å². The number of carbonyl (C=O) groups excluding carboxylic acids is 1. The number of halogens is 1. The zero-order chi connectivity index (χ0) is 20.4. The van der Waals surface area contributed by atoms with E-state index in [1.807, 2.05) is 43.3 Å². The fourth-order valence-corrected chi connectivity index (χ4v) is 3.35. The van der Waals surface area contributed by atoms with Crippen molar-refractivity contribution in [1.29, 1.82) is 0 Å². The Balaban J connectivity index is 1.63. The molecule has 1 atom stereocenters. The van der Waals surface area contributed by atoms with Crippen LogP contribution in [0, 0.1) is 6.92 Å². The molecule has 146 valence electrons. The number of ether oxygens (including phenoxy) is 1. The van der Waals surface area contributed by atoms with E-state index in [0.29, 0.717) is 27.7 Å². The largest absolute Gasteiger partial charge is 0.367 e. The van der Waals surface area contributed by atoms with E-state index in [4.69, 9.17) is 16.3 Å². The Morgan fingerprint density at radius 3 is 2.72 bits per heavy atom. The molecule has 2 aromatic heterocycles. The summed E-state index contributed by atoms with van der Waals surface area (Å²) in [6.07, 6.45) is 1.05. The standard InChI is InChI=1S/C22H19ClN4O2/c1-13-10-18-21(24-12-13)27-20(26-18)16-11-15(8-9-17(16)23)25-22(28)19(29-2)14-6-4-3-5-7-14/h3-12,19H,1-2H3,(H,25,28)(H,24,26,27)/t19-/m1/s1. The highest BCUT2D eigenvalue weighted by molar-refractivity contribution is 6.33. The Labute approximate surface area is 172 Å². The van der Waals surface area contributed by atoms with Gasteiger partial charge in [0.2, 0.25) is 0 Å². The Bertz CT molecular complexity index is 1170. The maximum absolute atomic E-state index is 12.8. The third kappa shape index (κ3) is 3.99. The average molecular weight is 407 g/mol. The molecule has 2 heterocycles. The van der Waals surface area contributed by atoms with Gasteiger partial charge in [-0.1, -0.05) is 41.9 Å². The van der Waals surface area contributed by atoms with Crippen LogP contribution in [0.1, 0.15) is 17.2 Å². The van der Waals surface area contributed by atoms with Crippen molar-refractivity contribution in [2.45, 2.75) is 13.0 Å². The summed E-state index contributed by atoms with van der Waals surface area (Å²) in [6.45, 7) is 1.97. The van der Waals surface area contributed by atoms with Gasteiger partial charge in [0.15, 0.2) is 11.8 Å². The number of anilines is 1. The Hall–Kier alpha value is -3.22. The number of imidazole rings is 1. The SMILES string of the molecule is CO[C@@H](C(=O)Nc1ccc(Cl)c(-c2nc3ncc(C)cc3[nH]2)c1)c1ccccc1. The number of carbonyl (C=O) groups is 1. The number of aromatic nitrogens is 3. The molecule has 0 bridgehead atoms. The van der Waals surface area contributed by atoms with Crippen molar-refractivity contribution in [1.82, 2.24) is 15.0 Å². The van der Waals surface area contributed by atoms with Crippen LogP contribution in [0.3, 0.4) is 0 Å². The second-order valence-corrected chi connectivity index (χ2v) is 7.09. The summed E-state index contributed by atoms with van der Waals surface area (Å²) in [6, 6.07) is 16.6. The molecule has 0 aliphatic heterocycles. The third-order valence-electron chi connectivity index (χ3n) is 4.54. The van der Waals surface area contributed by atoms with Crippen LogP contribution in [0.2, 0.25) is 5.02 Å². The molecular formula is C22H19ClN4O2. The zero-order valence-electron chi connectivity index (χ0n) is 15.9. The molecule has 1 amide bonds. The van der Waals surface area contributed by atoms with Gasteiger partial charge < -0.3 is 15.0 Å². The van der Waals surface area contributed by atoms with Gasteiger partial charge in [-0.3, -0.25) is 4.79 Å². The number of nitrogens with zero attached hydrogens (tertiary/aromatic N) is 2. The topological polar surface area (TPSA) is 79.9 Å². The summed E-state index contributed by atoms with van der Waals surface area (Å²) in [7, 11) is 1.51. The van der Waals surface area contributed by atoms with Gasteiger partial charge in [-0.15, -0.1) is 0 Å². The molecule has 0 spiro atoms. The lowest BCUT2D eigenvalue weighted by Gasteiger charge is -2.16. The second kappa shape index (κ2) is 8.03. The maximum Gasteiger partial charge on any atom is 0.258 e. The number of hydrogen-bond donors (Lipinski definition) is 2. The van der Waals surface area contributed by atoms with Gasteiger partial charge in [0.1, 0.15) is 5.82 Å². The van der Waals surface area contributed by atoms with E-state index in [1.165, 1.54) is 7.11 Å². The predicted molar refractivity (Wildman–Crippen MR) is 114 cm³/mol. The Morgan fingerprint density at radius 1 is 1.17 bits per heavy atom. The molecule has 0 fully saturated rings.